The van der Waals surface area contributed by atoms with Crippen LogP contribution in [0.3, 0.4) is 0 Å². The maximum atomic E-state index is 6.12. The first kappa shape index (κ1) is 13.5. The van der Waals surface area contributed by atoms with Gasteiger partial charge in [0.1, 0.15) is 5.76 Å². The van der Waals surface area contributed by atoms with Crippen LogP contribution in [0.2, 0.25) is 0 Å². The van der Waals surface area contributed by atoms with Gasteiger partial charge in [0, 0.05) is 5.39 Å². The van der Waals surface area contributed by atoms with Gasteiger partial charge in [-0.1, -0.05) is 26.0 Å². The Bertz CT molecular complexity index is 571. The summed E-state index contributed by atoms with van der Waals surface area (Å²) in [6, 6.07) is 8.64. The van der Waals surface area contributed by atoms with Gasteiger partial charge in [-0.25, -0.2) is 0 Å². The lowest BCUT2D eigenvalue weighted by molar-refractivity contribution is 0.313. The summed E-state index contributed by atoms with van der Waals surface area (Å²) in [6.45, 7) is 5.96. The molecule has 108 valence electrons. The molecule has 2 aromatic rings. The summed E-state index contributed by atoms with van der Waals surface area (Å²) in [5.74, 6) is 2.65. The molecule has 1 atom stereocenters. The van der Waals surface area contributed by atoms with Gasteiger partial charge in [-0.15, -0.1) is 0 Å². The number of hydrogen-bond donors (Lipinski definition) is 1. The molecule has 0 saturated heterocycles. The number of nitrogens with one attached hydrogen (secondary N) is 1. The molecular formula is C17H23NO2. The zero-order valence-electron chi connectivity index (χ0n) is 12.3. The van der Waals surface area contributed by atoms with Crippen molar-refractivity contribution in [1.82, 2.24) is 5.32 Å². The molecule has 1 aromatic heterocycles. The number of ether oxygens (including phenoxy) is 1. The van der Waals surface area contributed by atoms with E-state index in [9.17, 15) is 0 Å². The van der Waals surface area contributed by atoms with E-state index in [2.05, 4.69) is 31.3 Å². The standard InChI is InChI=1S/C17H23NO2/c1-3-10-19-14-7-5-6-13-11-15(20-17(13)14)16(18-4-2)12-8-9-12/h5-7,11-12,16,18H,3-4,8-10H2,1-2H3. The summed E-state index contributed by atoms with van der Waals surface area (Å²) in [6.07, 6.45) is 3.61. The van der Waals surface area contributed by atoms with E-state index in [0.29, 0.717) is 6.04 Å². The minimum atomic E-state index is 0.353. The Hall–Kier alpha value is -1.48. The van der Waals surface area contributed by atoms with E-state index in [0.717, 1.165) is 48.0 Å². The average molecular weight is 273 g/mol. The minimum Gasteiger partial charge on any atom is -0.490 e. The highest BCUT2D eigenvalue weighted by molar-refractivity contribution is 5.83. The quantitative estimate of drug-likeness (QED) is 0.817. The van der Waals surface area contributed by atoms with Crippen LogP contribution in [-0.4, -0.2) is 13.2 Å². The van der Waals surface area contributed by atoms with Gasteiger partial charge in [-0.3, -0.25) is 0 Å². The van der Waals surface area contributed by atoms with E-state index < -0.39 is 0 Å². The van der Waals surface area contributed by atoms with E-state index >= 15 is 0 Å². The Morgan fingerprint density at radius 1 is 1.35 bits per heavy atom. The topological polar surface area (TPSA) is 34.4 Å². The molecule has 0 amide bonds. The summed E-state index contributed by atoms with van der Waals surface area (Å²) in [5.41, 5.74) is 0.888. The highest BCUT2D eigenvalue weighted by atomic mass is 16.5. The number of fused-ring (bicyclic) bond motifs is 1. The maximum Gasteiger partial charge on any atom is 0.176 e. The molecule has 1 aliphatic rings. The van der Waals surface area contributed by atoms with Crippen LogP contribution in [0, 0.1) is 5.92 Å². The summed E-state index contributed by atoms with van der Waals surface area (Å²) in [4.78, 5) is 0. The molecule has 1 N–H and O–H groups in total. The summed E-state index contributed by atoms with van der Waals surface area (Å²) in [7, 11) is 0. The fraction of sp³-hybridized carbons (Fsp3) is 0.529. The molecular weight excluding hydrogens is 250 g/mol. The van der Waals surface area contributed by atoms with Crippen LogP contribution in [0.5, 0.6) is 5.75 Å². The second-order valence-corrected chi connectivity index (χ2v) is 5.54. The molecule has 20 heavy (non-hydrogen) atoms. The first-order chi connectivity index (χ1) is 9.83. The lowest BCUT2D eigenvalue weighted by Crippen LogP contribution is -2.21. The minimum absolute atomic E-state index is 0.353. The van der Waals surface area contributed by atoms with Crippen molar-refractivity contribution in [3.05, 3.63) is 30.0 Å². The smallest absolute Gasteiger partial charge is 0.176 e. The highest BCUT2D eigenvalue weighted by Gasteiger charge is 2.34. The molecule has 1 heterocycles. The lowest BCUT2D eigenvalue weighted by atomic mass is 10.1. The van der Waals surface area contributed by atoms with Crippen molar-refractivity contribution in [1.29, 1.82) is 0 Å². The summed E-state index contributed by atoms with van der Waals surface area (Å²) >= 11 is 0. The third-order valence-corrected chi connectivity index (χ3v) is 3.81. The number of furan rings is 1. The van der Waals surface area contributed by atoms with Gasteiger partial charge in [-0.2, -0.15) is 0 Å². The third kappa shape index (κ3) is 2.68. The van der Waals surface area contributed by atoms with Gasteiger partial charge >= 0.3 is 0 Å². The highest BCUT2D eigenvalue weighted by Crippen LogP contribution is 2.43. The summed E-state index contributed by atoms with van der Waals surface area (Å²) < 4.78 is 11.9. The fourth-order valence-corrected chi connectivity index (χ4v) is 2.68. The van der Waals surface area contributed by atoms with Crippen LogP contribution in [0.4, 0.5) is 0 Å². The van der Waals surface area contributed by atoms with E-state index in [-0.39, 0.29) is 0 Å². The predicted octanol–water partition coefficient (Wildman–Crippen LogP) is 4.28. The van der Waals surface area contributed by atoms with Crippen molar-refractivity contribution in [2.24, 2.45) is 5.92 Å². The first-order valence-corrected chi connectivity index (χ1v) is 7.72. The Balaban J connectivity index is 1.92. The maximum absolute atomic E-state index is 6.12. The largest absolute Gasteiger partial charge is 0.490 e. The summed E-state index contributed by atoms with van der Waals surface area (Å²) in [5, 5.41) is 4.69. The monoisotopic (exact) mass is 273 g/mol. The lowest BCUT2D eigenvalue weighted by Gasteiger charge is -2.13. The molecule has 0 radical (unpaired) electrons. The van der Waals surface area contributed by atoms with E-state index in [1.165, 1.54) is 12.8 Å². The second-order valence-electron chi connectivity index (χ2n) is 5.54. The number of para-hydroxylation sites is 1. The van der Waals surface area contributed by atoms with E-state index in [1.807, 2.05) is 12.1 Å². The number of hydrogen-bond acceptors (Lipinski definition) is 3. The van der Waals surface area contributed by atoms with Gasteiger partial charge < -0.3 is 14.5 Å². The third-order valence-electron chi connectivity index (χ3n) is 3.81. The second kappa shape index (κ2) is 5.88. The van der Waals surface area contributed by atoms with Crippen molar-refractivity contribution in [3.8, 4) is 5.75 Å². The molecule has 1 saturated carbocycles. The van der Waals surface area contributed by atoms with E-state index in [4.69, 9.17) is 9.15 Å². The average Bonchev–Trinajstić information content (AvgIpc) is 3.20. The molecule has 0 aliphatic heterocycles. The van der Waals surface area contributed by atoms with Gasteiger partial charge in [-0.05, 0) is 43.9 Å². The Kier molecular flexibility index (Phi) is 3.97. The van der Waals surface area contributed by atoms with Gasteiger partial charge in [0.05, 0.1) is 12.6 Å². The number of benzene rings is 1. The predicted molar refractivity (Wildman–Crippen MR) is 81.1 cm³/mol. The SMILES string of the molecule is CCCOc1cccc2cc(C(NCC)C3CC3)oc12. The van der Waals surface area contributed by atoms with Crippen molar-refractivity contribution >= 4 is 11.0 Å². The van der Waals surface area contributed by atoms with Crippen LogP contribution in [-0.2, 0) is 0 Å². The van der Waals surface area contributed by atoms with Crippen molar-refractivity contribution in [2.75, 3.05) is 13.2 Å². The first-order valence-electron chi connectivity index (χ1n) is 7.72. The molecule has 0 spiro atoms. The van der Waals surface area contributed by atoms with Crippen LogP contribution in [0.1, 0.15) is 44.9 Å². The normalized spacial score (nSPS) is 16.5. The van der Waals surface area contributed by atoms with Gasteiger partial charge in [0.25, 0.3) is 0 Å². The Morgan fingerprint density at radius 3 is 2.90 bits per heavy atom. The molecule has 1 aromatic carbocycles. The van der Waals surface area contributed by atoms with Crippen LogP contribution in [0.15, 0.2) is 28.7 Å². The zero-order chi connectivity index (χ0) is 13.9. The Morgan fingerprint density at radius 2 is 2.20 bits per heavy atom. The molecule has 1 unspecified atom stereocenters. The molecule has 3 rings (SSSR count). The van der Waals surface area contributed by atoms with Crippen molar-refractivity contribution in [3.63, 3.8) is 0 Å². The molecule has 3 nitrogen and oxygen atoms in total. The van der Waals surface area contributed by atoms with E-state index in [1.54, 1.807) is 0 Å². The Labute approximate surface area is 120 Å². The molecule has 1 aliphatic carbocycles. The molecule has 0 bridgehead atoms. The van der Waals surface area contributed by atoms with Crippen LogP contribution in [0.25, 0.3) is 11.0 Å². The zero-order valence-corrected chi connectivity index (χ0v) is 12.3. The number of rotatable bonds is 7. The van der Waals surface area contributed by atoms with Crippen molar-refractivity contribution in [2.45, 2.75) is 39.2 Å². The van der Waals surface area contributed by atoms with Crippen molar-refractivity contribution < 1.29 is 9.15 Å². The van der Waals surface area contributed by atoms with Crippen LogP contribution >= 0.6 is 0 Å². The van der Waals surface area contributed by atoms with Gasteiger partial charge in [0.2, 0.25) is 0 Å². The van der Waals surface area contributed by atoms with Gasteiger partial charge in [0.15, 0.2) is 11.3 Å². The van der Waals surface area contributed by atoms with Crippen LogP contribution < -0.4 is 10.1 Å². The molecule has 1 fully saturated rings. The fourth-order valence-electron chi connectivity index (χ4n) is 2.68. The molecule has 3 heteroatoms.